The van der Waals surface area contributed by atoms with Crippen LogP contribution in [0.5, 0.6) is 0 Å². The molecule has 0 fully saturated rings. The zero-order chi connectivity index (χ0) is 12.8. The van der Waals surface area contributed by atoms with Gasteiger partial charge in [0.15, 0.2) is 0 Å². The molecule has 0 aliphatic heterocycles. The summed E-state index contributed by atoms with van der Waals surface area (Å²) < 4.78 is 12.5. The molecule has 1 N–H and O–H groups in total. The Morgan fingerprint density at radius 3 is 2.71 bits per heavy atom. The summed E-state index contributed by atoms with van der Waals surface area (Å²) in [6.07, 6.45) is 2.39. The minimum atomic E-state index is -0.799. The van der Waals surface area contributed by atoms with Crippen LogP contribution >= 0.6 is 31.9 Å². The number of hydrogen-bond acceptors (Lipinski definition) is 2. The highest BCUT2D eigenvalue weighted by molar-refractivity contribution is 9.11. The summed E-state index contributed by atoms with van der Waals surface area (Å²) in [5.74, 6) is 0.494. The molecule has 17 heavy (non-hydrogen) atoms. The summed E-state index contributed by atoms with van der Waals surface area (Å²) in [7, 11) is -0.799. The fourth-order valence-corrected chi connectivity index (χ4v) is 3.02. The minimum absolute atomic E-state index is 0.119. The molecule has 0 aromatic heterocycles. The standard InChI is InChI=1S/C11H13Br2NO2S/c1-17(16)6-2-5-14-11(15)9-4-3-8(12)7-10(9)13/h3-4,7H,2,5-6H2,1H3,(H,14,15). The molecule has 0 heterocycles. The van der Waals surface area contributed by atoms with Crippen LogP contribution < -0.4 is 5.32 Å². The summed E-state index contributed by atoms with van der Waals surface area (Å²) >= 11 is 6.67. The quantitative estimate of drug-likeness (QED) is 0.795. The van der Waals surface area contributed by atoms with Crippen LogP contribution in [0.1, 0.15) is 16.8 Å². The van der Waals surface area contributed by atoms with Crippen molar-refractivity contribution in [3.8, 4) is 0 Å². The Morgan fingerprint density at radius 2 is 2.12 bits per heavy atom. The molecule has 1 unspecified atom stereocenters. The molecule has 1 rings (SSSR count). The molecule has 94 valence electrons. The van der Waals surface area contributed by atoms with Gasteiger partial charge in [0.1, 0.15) is 0 Å². The average Bonchev–Trinajstić information content (AvgIpc) is 2.23. The van der Waals surface area contributed by atoms with Crippen molar-refractivity contribution in [2.75, 3.05) is 18.6 Å². The SMILES string of the molecule is CS(=O)CCCNC(=O)c1ccc(Br)cc1Br. The molecule has 0 radical (unpaired) electrons. The molecule has 6 heteroatoms. The van der Waals surface area contributed by atoms with Crippen LogP contribution in [0.15, 0.2) is 27.1 Å². The number of nitrogens with one attached hydrogen (secondary N) is 1. The number of carbonyl (C=O) groups excluding carboxylic acids is 1. The van der Waals surface area contributed by atoms with E-state index in [9.17, 15) is 9.00 Å². The van der Waals surface area contributed by atoms with Crippen LogP contribution in [0, 0.1) is 0 Å². The maximum absolute atomic E-state index is 11.8. The van der Waals surface area contributed by atoms with E-state index in [2.05, 4.69) is 37.2 Å². The van der Waals surface area contributed by atoms with E-state index < -0.39 is 10.8 Å². The molecule has 3 nitrogen and oxygen atoms in total. The van der Waals surface area contributed by atoms with Crippen LogP contribution in [0.4, 0.5) is 0 Å². The van der Waals surface area contributed by atoms with Crippen molar-refractivity contribution in [3.63, 3.8) is 0 Å². The van der Waals surface area contributed by atoms with Gasteiger partial charge in [0.25, 0.3) is 5.91 Å². The normalized spacial score (nSPS) is 12.2. The van der Waals surface area contributed by atoms with Gasteiger partial charge >= 0.3 is 0 Å². The van der Waals surface area contributed by atoms with Crippen molar-refractivity contribution in [1.82, 2.24) is 5.32 Å². The van der Waals surface area contributed by atoms with Crippen molar-refractivity contribution in [1.29, 1.82) is 0 Å². The molecule has 0 saturated heterocycles. The van der Waals surface area contributed by atoms with E-state index >= 15 is 0 Å². The lowest BCUT2D eigenvalue weighted by molar-refractivity contribution is 0.0953. The third kappa shape index (κ3) is 5.31. The Kier molecular flexibility index (Phi) is 6.37. The number of rotatable bonds is 5. The molecule has 1 amide bonds. The van der Waals surface area contributed by atoms with Crippen molar-refractivity contribution >= 4 is 48.6 Å². The van der Waals surface area contributed by atoms with Gasteiger partial charge in [-0.3, -0.25) is 9.00 Å². The molecule has 1 aromatic carbocycles. The number of hydrogen-bond donors (Lipinski definition) is 1. The van der Waals surface area contributed by atoms with Gasteiger partial charge in [-0.05, 0) is 40.5 Å². The minimum Gasteiger partial charge on any atom is -0.352 e. The third-order valence-corrected chi connectivity index (χ3v) is 4.08. The average molecular weight is 383 g/mol. The maximum Gasteiger partial charge on any atom is 0.252 e. The summed E-state index contributed by atoms with van der Waals surface area (Å²) in [5.41, 5.74) is 0.603. The van der Waals surface area contributed by atoms with Crippen LogP contribution in [0.3, 0.4) is 0 Å². The monoisotopic (exact) mass is 381 g/mol. The molecular weight excluding hydrogens is 370 g/mol. The van der Waals surface area contributed by atoms with Crippen LogP contribution in [0.2, 0.25) is 0 Å². The zero-order valence-electron chi connectivity index (χ0n) is 9.33. The van der Waals surface area contributed by atoms with Gasteiger partial charge in [0.2, 0.25) is 0 Å². The fraction of sp³-hybridized carbons (Fsp3) is 0.364. The van der Waals surface area contributed by atoms with Crippen LogP contribution in [-0.4, -0.2) is 28.7 Å². The van der Waals surface area contributed by atoms with Crippen molar-refractivity contribution in [2.45, 2.75) is 6.42 Å². The molecule has 1 atom stereocenters. The van der Waals surface area contributed by atoms with Gasteiger partial charge in [-0.2, -0.15) is 0 Å². The molecule has 0 aliphatic rings. The highest BCUT2D eigenvalue weighted by Crippen LogP contribution is 2.21. The van der Waals surface area contributed by atoms with E-state index in [4.69, 9.17) is 0 Å². The maximum atomic E-state index is 11.8. The second kappa shape index (κ2) is 7.28. The van der Waals surface area contributed by atoms with E-state index in [-0.39, 0.29) is 5.91 Å². The second-order valence-corrected chi connectivity index (χ2v) is 6.84. The van der Waals surface area contributed by atoms with Crippen molar-refractivity contribution in [3.05, 3.63) is 32.7 Å². The molecule has 0 aliphatic carbocycles. The molecule has 0 saturated carbocycles. The first-order valence-corrected chi connectivity index (χ1v) is 8.35. The van der Waals surface area contributed by atoms with Gasteiger partial charge in [-0.15, -0.1) is 0 Å². The van der Waals surface area contributed by atoms with E-state index in [1.807, 2.05) is 12.1 Å². The fourth-order valence-electron chi connectivity index (χ4n) is 1.25. The predicted molar refractivity (Wildman–Crippen MR) is 77.7 cm³/mol. The Labute approximate surface area is 120 Å². The topological polar surface area (TPSA) is 46.2 Å². The van der Waals surface area contributed by atoms with Gasteiger partial charge in [0, 0.05) is 38.3 Å². The summed E-state index contributed by atoms with van der Waals surface area (Å²) in [4.78, 5) is 11.8. The second-order valence-electron chi connectivity index (χ2n) is 3.51. The highest BCUT2D eigenvalue weighted by atomic mass is 79.9. The Bertz CT molecular complexity index is 437. The summed E-state index contributed by atoms with van der Waals surface area (Å²) in [6, 6.07) is 5.40. The van der Waals surface area contributed by atoms with Crippen molar-refractivity contribution in [2.24, 2.45) is 0 Å². The van der Waals surface area contributed by atoms with Gasteiger partial charge in [-0.25, -0.2) is 0 Å². The molecular formula is C11H13Br2NO2S. The smallest absolute Gasteiger partial charge is 0.252 e. The van der Waals surface area contributed by atoms with E-state index in [0.717, 1.165) is 15.4 Å². The largest absolute Gasteiger partial charge is 0.352 e. The van der Waals surface area contributed by atoms with E-state index in [0.29, 0.717) is 17.9 Å². The first kappa shape index (κ1) is 14.9. The summed E-state index contributed by atoms with van der Waals surface area (Å²) in [5, 5.41) is 2.80. The van der Waals surface area contributed by atoms with Gasteiger partial charge < -0.3 is 5.32 Å². The highest BCUT2D eigenvalue weighted by Gasteiger charge is 2.09. The van der Waals surface area contributed by atoms with E-state index in [1.165, 1.54) is 0 Å². The predicted octanol–water partition coefficient (Wildman–Crippen LogP) is 2.71. The number of amides is 1. The lowest BCUT2D eigenvalue weighted by Crippen LogP contribution is -2.25. The van der Waals surface area contributed by atoms with E-state index in [1.54, 1.807) is 12.3 Å². The molecule has 0 bridgehead atoms. The Morgan fingerprint density at radius 1 is 1.41 bits per heavy atom. The van der Waals surface area contributed by atoms with Crippen LogP contribution in [-0.2, 0) is 10.8 Å². The lowest BCUT2D eigenvalue weighted by atomic mass is 10.2. The zero-order valence-corrected chi connectivity index (χ0v) is 13.3. The summed E-state index contributed by atoms with van der Waals surface area (Å²) in [6.45, 7) is 0.543. The Hall–Kier alpha value is -0.200. The number of halogens is 2. The van der Waals surface area contributed by atoms with Gasteiger partial charge in [-0.1, -0.05) is 15.9 Å². The molecule has 0 spiro atoms. The third-order valence-electron chi connectivity index (χ3n) is 2.07. The Balaban J connectivity index is 2.50. The number of carbonyl (C=O) groups is 1. The first-order valence-electron chi connectivity index (χ1n) is 5.04. The van der Waals surface area contributed by atoms with Gasteiger partial charge in [0.05, 0.1) is 5.56 Å². The van der Waals surface area contributed by atoms with Crippen LogP contribution in [0.25, 0.3) is 0 Å². The lowest BCUT2D eigenvalue weighted by Gasteiger charge is -2.06. The van der Waals surface area contributed by atoms with Crippen molar-refractivity contribution < 1.29 is 9.00 Å². The number of benzene rings is 1. The first-order chi connectivity index (χ1) is 8.00. The molecule has 1 aromatic rings.